The van der Waals surface area contributed by atoms with Crippen molar-refractivity contribution in [2.45, 2.75) is 45.1 Å². The molecule has 0 radical (unpaired) electrons. The summed E-state index contributed by atoms with van der Waals surface area (Å²) in [5, 5.41) is 3.11. The van der Waals surface area contributed by atoms with Gasteiger partial charge in [0.1, 0.15) is 4.90 Å². The molecule has 108 valence electrons. The van der Waals surface area contributed by atoms with Gasteiger partial charge in [0.15, 0.2) is 0 Å². The SMILES string of the molecule is CCCNc1ccncc1S(=O)(=O)NC(C)C(C)C. The zero-order chi connectivity index (χ0) is 14.5. The predicted molar refractivity (Wildman–Crippen MR) is 77.6 cm³/mol. The van der Waals surface area contributed by atoms with Crippen LogP contribution in [0.4, 0.5) is 5.69 Å². The van der Waals surface area contributed by atoms with Gasteiger partial charge in [-0.3, -0.25) is 4.98 Å². The Bertz CT molecular complexity index is 500. The van der Waals surface area contributed by atoms with E-state index in [4.69, 9.17) is 0 Å². The Morgan fingerprint density at radius 2 is 2.00 bits per heavy atom. The number of hydrogen-bond donors (Lipinski definition) is 2. The molecule has 0 aliphatic rings. The largest absolute Gasteiger partial charge is 0.384 e. The Hall–Kier alpha value is -1.14. The molecule has 0 amide bonds. The molecule has 0 saturated heterocycles. The molecule has 6 heteroatoms. The van der Waals surface area contributed by atoms with Crippen LogP contribution in [0.3, 0.4) is 0 Å². The van der Waals surface area contributed by atoms with Crippen molar-refractivity contribution < 1.29 is 8.42 Å². The number of hydrogen-bond acceptors (Lipinski definition) is 4. The third kappa shape index (κ3) is 4.47. The molecular formula is C13H23N3O2S. The fourth-order valence-corrected chi connectivity index (χ4v) is 2.96. The molecule has 5 nitrogen and oxygen atoms in total. The Morgan fingerprint density at radius 3 is 2.58 bits per heavy atom. The number of aromatic nitrogens is 1. The molecule has 1 aromatic rings. The third-order valence-corrected chi connectivity index (χ3v) is 4.57. The highest BCUT2D eigenvalue weighted by atomic mass is 32.2. The number of rotatable bonds is 7. The van der Waals surface area contributed by atoms with Crippen LogP contribution in [0, 0.1) is 5.92 Å². The lowest BCUT2D eigenvalue weighted by Gasteiger charge is -2.19. The van der Waals surface area contributed by atoms with Crippen LogP contribution in [-0.4, -0.2) is 26.0 Å². The lowest BCUT2D eigenvalue weighted by atomic mass is 10.1. The zero-order valence-electron chi connectivity index (χ0n) is 12.0. The summed E-state index contributed by atoms with van der Waals surface area (Å²) in [6.45, 7) is 8.57. The number of sulfonamides is 1. The third-order valence-electron chi connectivity index (χ3n) is 2.98. The van der Waals surface area contributed by atoms with Crippen LogP contribution in [0.25, 0.3) is 0 Å². The van der Waals surface area contributed by atoms with E-state index in [1.54, 1.807) is 12.3 Å². The van der Waals surface area contributed by atoms with Gasteiger partial charge in [0.25, 0.3) is 0 Å². The predicted octanol–water partition coefficient (Wildman–Crippen LogP) is 2.23. The second-order valence-corrected chi connectivity index (χ2v) is 6.63. The van der Waals surface area contributed by atoms with Crippen LogP contribution < -0.4 is 10.0 Å². The van der Waals surface area contributed by atoms with Gasteiger partial charge in [-0.15, -0.1) is 0 Å². The van der Waals surface area contributed by atoms with Crippen molar-refractivity contribution in [3.05, 3.63) is 18.5 Å². The average molecular weight is 285 g/mol. The van der Waals surface area contributed by atoms with Crippen molar-refractivity contribution >= 4 is 15.7 Å². The van der Waals surface area contributed by atoms with Gasteiger partial charge in [0, 0.05) is 25.0 Å². The summed E-state index contributed by atoms with van der Waals surface area (Å²) in [4.78, 5) is 4.12. The summed E-state index contributed by atoms with van der Waals surface area (Å²) in [6.07, 6.45) is 3.90. The van der Waals surface area contributed by atoms with Gasteiger partial charge >= 0.3 is 0 Å². The van der Waals surface area contributed by atoms with E-state index in [0.717, 1.165) is 13.0 Å². The van der Waals surface area contributed by atoms with Crippen LogP contribution >= 0.6 is 0 Å². The van der Waals surface area contributed by atoms with E-state index in [1.807, 2.05) is 27.7 Å². The summed E-state index contributed by atoms with van der Waals surface area (Å²) in [7, 11) is -3.54. The first kappa shape index (κ1) is 15.9. The van der Waals surface area contributed by atoms with Crippen LogP contribution in [0.2, 0.25) is 0 Å². The monoisotopic (exact) mass is 285 g/mol. The Morgan fingerprint density at radius 1 is 1.32 bits per heavy atom. The summed E-state index contributed by atoms with van der Waals surface area (Å²) in [5.74, 6) is 0.235. The van der Waals surface area contributed by atoms with Crippen molar-refractivity contribution in [3.8, 4) is 0 Å². The van der Waals surface area contributed by atoms with Crippen molar-refractivity contribution in [2.75, 3.05) is 11.9 Å². The topological polar surface area (TPSA) is 71.1 Å². The fourth-order valence-electron chi connectivity index (χ4n) is 1.44. The number of nitrogens with one attached hydrogen (secondary N) is 2. The van der Waals surface area contributed by atoms with Gasteiger partial charge in [0.2, 0.25) is 10.0 Å². The molecule has 0 saturated carbocycles. The maximum atomic E-state index is 12.3. The second kappa shape index (κ2) is 6.86. The van der Waals surface area contributed by atoms with E-state index in [9.17, 15) is 8.42 Å². The molecule has 1 rings (SSSR count). The van der Waals surface area contributed by atoms with E-state index < -0.39 is 10.0 Å². The maximum absolute atomic E-state index is 12.3. The molecule has 0 aliphatic carbocycles. The molecule has 2 N–H and O–H groups in total. The van der Waals surface area contributed by atoms with Crippen LogP contribution in [-0.2, 0) is 10.0 Å². The minimum atomic E-state index is -3.54. The first-order valence-electron chi connectivity index (χ1n) is 6.58. The van der Waals surface area contributed by atoms with Crippen molar-refractivity contribution in [2.24, 2.45) is 5.92 Å². The smallest absolute Gasteiger partial charge is 0.244 e. The molecule has 0 spiro atoms. The zero-order valence-corrected chi connectivity index (χ0v) is 12.8. The lowest BCUT2D eigenvalue weighted by molar-refractivity contribution is 0.476. The van der Waals surface area contributed by atoms with Gasteiger partial charge in [-0.25, -0.2) is 13.1 Å². The van der Waals surface area contributed by atoms with Gasteiger partial charge < -0.3 is 5.32 Å². The number of nitrogens with zero attached hydrogens (tertiary/aromatic N) is 1. The molecule has 0 aromatic carbocycles. The van der Waals surface area contributed by atoms with Gasteiger partial charge in [0.05, 0.1) is 5.69 Å². The average Bonchev–Trinajstić information content (AvgIpc) is 2.36. The normalized spacial score (nSPS) is 13.5. The van der Waals surface area contributed by atoms with Crippen LogP contribution in [0.5, 0.6) is 0 Å². The Kier molecular flexibility index (Phi) is 5.75. The Balaban J connectivity index is 3.00. The van der Waals surface area contributed by atoms with Crippen molar-refractivity contribution in [1.29, 1.82) is 0 Å². The minimum Gasteiger partial charge on any atom is -0.384 e. The lowest BCUT2D eigenvalue weighted by Crippen LogP contribution is -2.36. The van der Waals surface area contributed by atoms with E-state index in [0.29, 0.717) is 5.69 Å². The van der Waals surface area contributed by atoms with Gasteiger partial charge in [-0.05, 0) is 25.3 Å². The summed E-state index contributed by atoms with van der Waals surface area (Å²) < 4.78 is 27.4. The van der Waals surface area contributed by atoms with Gasteiger partial charge in [-0.1, -0.05) is 20.8 Å². The minimum absolute atomic E-state index is 0.121. The highest BCUT2D eigenvalue weighted by Crippen LogP contribution is 2.20. The standard InChI is InChI=1S/C13H23N3O2S/c1-5-7-15-12-6-8-14-9-13(12)19(17,18)16-11(4)10(2)3/h6,8-11,16H,5,7H2,1-4H3,(H,14,15). The molecule has 0 bridgehead atoms. The van der Waals surface area contributed by atoms with Crippen LogP contribution in [0.15, 0.2) is 23.4 Å². The molecule has 19 heavy (non-hydrogen) atoms. The van der Waals surface area contributed by atoms with E-state index >= 15 is 0 Å². The number of pyridine rings is 1. The quantitative estimate of drug-likeness (QED) is 0.806. The van der Waals surface area contributed by atoms with Gasteiger partial charge in [-0.2, -0.15) is 0 Å². The summed E-state index contributed by atoms with van der Waals surface area (Å²) in [6, 6.07) is 1.56. The molecule has 1 heterocycles. The Labute approximate surface area is 115 Å². The van der Waals surface area contributed by atoms with E-state index in [2.05, 4.69) is 15.0 Å². The first-order valence-corrected chi connectivity index (χ1v) is 8.07. The summed E-state index contributed by atoms with van der Waals surface area (Å²) >= 11 is 0. The first-order chi connectivity index (χ1) is 8.88. The maximum Gasteiger partial charge on any atom is 0.244 e. The highest BCUT2D eigenvalue weighted by Gasteiger charge is 2.22. The van der Waals surface area contributed by atoms with E-state index in [-0.39, 0.29) is 16.9 Å². The molecule has 1 unspecified atom stereocenters. The fraction of sp³-hybridized carbons (Fsp3) is 0.615. The molecule has 1 aromatic heterocycles. The highest BCUT2D eigenvalue weighted by molar-refractivity contribution is 7.89. The molecule has 0 fully saturated rings. The number of anilines is 1. The van der Waals surface area contributed by atoms with Crippen molar-refractivity contribution in [1.82, 2.24) is 9.71 Å². The van der Waals surface area contributed by atoms with E-state index in [1.165, 1.54) is 6.20 Å². The van der Waals surface area contributed by atoms with Crippen LogP contribution in [0.1, 0.15) is 34.1 Å². The molecular weight excluding hydrogens is 262 g/mol. The van der Waals surface area contributed by atoms with Crippen molar-refractivity contribution in [3.63, 3.8) is 0 Å². The summed E-state index contributed by atoms with van der Waals surface area (Å²) in [5.41, 5.74) is 0.598. The molecule has 0 aliphatic heterocycles. The second-order valence-electron chi connectivity index (χ2n) is 4.95. The molecule has 1 atom stereocenters.